The van der Waals surface area contributed by atoms with E-state index in [9.17, 15) is 14.0 Å². The minimum absolute atomic E-state index is 0.135. The van der Waals surface area contributed by atoms with Gasteiger partial charge in [-0.15, -0.1) is 10.2 Å². The number of carbonyl (C=O) groups is 2. The van der Waals surface area contributed by atoms with Crippen molar-refractivity contribution in [2.45, 2.75) is 39.9 Å². The van der Waals surface area contributed by atoms with E-state index in [1.807, 2.05) is 50.2 Å². The van der Waals surface area contributed by atoms with E-state index in [1.54, 1.807) is 43.3 Å². The summed E-state index contributed by atoms with van der Waals surface area (Å²) in [4.78, 5) is 30.3. The molecule has 1 atom stereocenters. The van der Waals surface area contributed by atoms with Crippen LogP contribution in [0.4, 0.5) is 10.1 Å². The third-order valence-corrected chi connectivity index (χ3v) is 6.54. The molecule has 0 aliphatic rings. The number of amides is 2. The Morgan fingerprint density at radius 3 is 2.20 bits per heavy atom. The average molecular weight is 553 g/mol. The van der Waals surface area contributed by atoms with Crippen LogP contribution in [-0.2, 0) is 22.7 Å². The summed E-state index contributed by atoms with van der Waals surface area (Å²) < 4.78 is 19.3. The lowest BCUT2D eigenvalue weighted by molar-refractivity contribution is -0.127. The van der Waals surface area contributed by atoms with E-state index in [-0.39, 0.29) is 18.9 Å². The summed E-state index contributed by atoms with van der Waals surface area (Å²) in [6.45, 7) is 5.55. The number of furan rings is 1. The van der Waals surface area contributed by atoms with E-state index in [1.165, 1.54) is 21.8 Å². The van der Waals surface area contributed by atoms with E-state index < -0.39 is 17.9 Å². The standard InChI is InChI=1S/C31H29FN6O3/c1-20-4-11-24(12-5-20)30-34-36-37(35-30)19-28(39)38(26-15-6-21(2)7-16-26)29(27-17-8-22(3)41-27)31(40)33-18-23-9-13-25(32)14-10-23/h4-17,29H,18-19H2,1-3H3,(H,33,40)/t29-/m0/s1. The number of anilines is 1. The van der Waals surface area contributed by atoms with Crippen molar-refractivity contribution in [3.8, 4) is 11.4 Å². The lowest BCUT2D eigenvalue weighted by Crippen LogP contribution is -2.45. The van der Waals surface area contributed by atoms with Crippen LogP contribution in [0.3, 0.4) is 0 Å². The third-order valence-electron chi connectivity index (χ3n) is 6.54. The third kappa shape index (κ3) is 6.55. The molecule has 0 bridgehead atoms. The first-order chi connectivity index (χ1) is 19.8. The predicted octanol–water partition coefficient (Wildman–Crippen LogP) is 5.09. The Bertz CT molecular complexity index is 1640. The Kier molecular flexibility index (Phi) is 8.00. The highest BCUT2D eigenvalue weighted by atomic mass is 19.1. The Morgan fingerprint density at radius 2 is 1.56 bits per heavy atom. The number of tetrazole rings is 1. The lowest BCUT2D eigenvalue weighted by atomic mass is 10.1. The molecule has 2 amide bonds. The molecule has 208 valence electrons. The summed E-state index contributed by atoms with van der Waals surface area (Å²) in [6.07, 6.45) is 0. The highest BCUT2D eigenvalue weighted by molar-refractivity contribution is 6.00. The van der Waals surface area contributed by atoms with E-state index >= 15 is 0 Å². The predicted molar refractivity (Wildman–Crippen MR) is 151 cm³/mol. The van der Waals surface area contributed by atoms with Gasteiger partial charge < -0.3 is 9.73 Å². The lowest BCUT2D eigenvalue weighted by Gasteiger charge is -2.30. The van der Waals surface area contributed by atoms with Crippen molar-refractivity contribution in [1.82, 2.24) is 25.5 Å². The molecule has 2 heterocycles. The van der Waals surface area contributed by atoms with Gasteiger partial charge in [0.05, 0.1) is 0 Å². The van der Waals surface area contributed by atoms with Crippen molar-refractivity contribution in [3.05, 3.63) is 119 Å². The molecule has 5 rings (SSSR count). The highest BCUT2D eigenvalue weighted by Gasteiger charge is 2.35. The van der Waals surface area contributed by atoms with Gasteiger partial charge in [-0.1, -0.05) is 59.7 Å². The molecule has 1 N–H and O–H groups in total. The van der Waals surface area contributed by atoms with Crippen molar-refractivity contribution in [3.63, 3.8) is 0 Å². The van der Waals surface area contributed by atoms with Gasteiger partial charge in [0.25, 0.3) is 11.8 Å². The first-order valence-electron chi connectivity index (χ1n) is 13.1. The van der Waals surface area contributed by atoms with Crippen LogP contribution in [0.15, 0.2) is 89.3 Å². The van der Waals surface area contributed by atoms with Crippen molar-refractivity contribution < 1.29 is 18.4 Å². The molecule has 0 aliphatic carbocycles. The summed E-state index contributed by atoms with van der Waals surface area (Å²) >= 11 is 0. The maximum Gasteiger partial charge on any atom is 0.251 e. The van der Waals surface area contributed by atoms with Crippen LogP contribution in [-0.4, -0.2) is 32.0 Å². The van der Waals surface area contributed by atoms with E-state index in [2.05, 4.69) is 20.7 Å². The zero-order valence-electron chi connectivity index (χ0n) is 22.9. The molecule has 0 saturated heterocycles. The van der Waals surface area contributed by atoms with Gasteiger partial charge in [-0.3, -0.25) is 14.5 Å². The number of aromatic nitrogens is 4. The Labute approximate surface area is 236 Å². The molecule has 2 aromatic heterocycles. The van der Waals surface area contributed by atoms with E-state index in [0.717, 1.165) is 16.7 Å². The Hall–Kier alpha value is -5.12. The molecule has 0 fully saturated rings. The van der Waals surface area contributed by atoms with Crippen molar-refractivity contribution >= 4 is 17.5 Å². The summed E-state index contributed by atoms with van der Waals surface area (Å²) in [7, 11) is 0. The highest BCUT2D eigenvalue weighted by Crippen LogP contribution is 2.30. The molecule has 41 heavy (non-hydrogen) atoms. The van der Waals surface area contributed by atoms with Crippen LogP contribution in [0.25, 0.3) is 11.4 Å². The van der Waals surface area contributed by atoms with Crippen LogP contribution in [0, 0.1) is 26.6 Å². The molecule has 0 saturated carbocycles. The Balaban J connectivity index is 1.47. The molecular formula is C31H29FN6O3. The summed E-state index contributed by atoms with van der Waals surface area (Å²) in [6, 6.07) is 23.0. The fraction of sp³-hybridized carbons (Fsp3) is 0.194. The molecular weight excluding hydrogens is 523 g/mol. The second-order valence-corrected chi connectivity index (χ2v) is 9.80. The number of hydrogen-bond donors (Lipinski definition) is 1. The molecule has 0 unspecified atom stereocenters. The SMILES string of the molecule is Cc1ccc(-c2nnn(CC(=O)N(c3ccc(C)cc3)[C@H](C(=O)NCc3ccc(F)cc3)c3ccc(C)o3)n2)cc1. The van der Waals surface area contributed by atoms with Crippen molar-refractivity contribution in [2.24, 2.45) is 0 Å². The summed E-state index contributed by atoms with van der Waals surface area (Å²) in [5.41, 5.74) is 4.07. The van der Waals surface area contributed by atoms with Crippen LogP contribution < -0.4 is 10.2 Å². The van der Waals surface area contributed by atoms with Gasteiger partial charge >= 0.3 is 0 Å². The number of nitrogens with one attached hydrogen (secondary N) is 1. The topological polar surface area (TPSA) is 106 Å². The fourth-order valence-electron chi connectivity index (χ4n) is 4.33. The zero-order chi connectivity index (χ0) is 28.9. The van der Waals surface area contributed by atoms with Crippen molar-refractivity contribution in [2.75, 3.05) is 4.90 Å². The van der Waals surface area contributed by atoms with Gasteiger partial charge in [-0.2, -0.15) is 4.80 Å². The van der Waals surface area contributed by atoms with Gasteiger partial charge in [-0.05, 0) is 67.9 Å². The van der Waals surface area contributed by atoms with Crippen molar-refractivity contribution in [1.29, 1.82) is 0 Å². The minimum atomic E-state index is -1.14. The number of halogens is 1. The second-order valence-electron chi connectivity index (χ2n) is 9.80. The zero-order valence-corrected chi connectivity index (χ0v) is 22.9. The number of aryl methyl sites for hydroxylation is 3. The normalized spacial score (nSPS) is 11.7. The van der Waals surface area contributed by atoms with Crippen LogP contribution in [0.2, 0.25) is 0 Å². The molecule has 10 heteroatoms. The molecule has 9 nitrogen and oxygen atoms in total. The number of nitrogens with zero attached hydrogens (tertiary/aromatic N) is 5. The van der Waals surface area contributed by atoms with Gasteiger partial charge in [0.1, 0.15) is 23.9 Å². The molecule has 3 aromatic carbocycles. The van der Waals surface area contributed by atoms with Crippen LogP contribution in [0.5, 0.6) is 0 Å². The van der Waals surface area contributed by atoms with Gasteiger partial charge in [0.2, 0.25) is 5.82 Å². The molecule has 0 aliphatic heterocycles. The molecule has 0 radical (unpaired) electrons. The fourth-order valence-corrected chi connectivity index (χ4v) is 4.33. The molecule has 5 aromatic rings. The second kappa shape index (κ2) is 12.0. The largest absolute Gasteiger partial charge is 0.464 e. The van der Waals surface area contributed by atoms with Gasteiger partial charge in [0.15, 0.2) is 6.04 Å². The quantitative estimate of drug-likeness (QED) is 0.273. The van der Waals surface area contributed by atoms with E-state index in [4.69, 9.17) is 4.42 Å². The van der Waals surface area contributed by atoms with Gasteiger partial charge in [-0.25, -0.2) is 4.39 Å². The summed E-state index contributed by atoms with van der Waals surface area (Å²) in [5.74, 6) is -0.0159. The monoisotopic (exact) mass is 552 g/mol. The molecule has 0 spiro atoms. The average Bonchev–Trinajstić information content (AvgIpc) is 3.61. The maximum atomic E-state index is 14.0. The maximum absolute atomic E-state index is 14.0. The number of benzene rings is 3. The minimum Gasteiger partial charge on any atom is -0.464 e. The van der Waals surface area contributed by atoms with Gasteiger partial charge in [0, 0.05) is 17.8 Å². The first-order valence-corrected chi connectivity index (χ1v) is 13.1. The number of rotatable bonds is 9. The summed E-state index contributed by atoms with van der Waals surface area (Å²) in [5, 5.41) is 15.5. The van der Waals surface area contributed by atoms with Crippen LogP contribution in [0.1, 0.15) is 34.3 Å². The number of carbonyl (C=O) groups excluding carboxylic acids is 2. The smallest absolute Gasteiger partial charge is 0.251 e. The number of hydrogen-bond acceptors (Lipinski definition) is 6. The Morgan fingerprint density at radius 1 is 0.902 bits per heavy atom. The van der Waals surface area contributed by atoms with E-state index in [0.29, 0.717) is 28.6 Å². The van der Waals surface area contributed by atoms with Crippen LogP contribution >= 0.6 is 0 Å². The first kappa shape index (κ1) is 27.4.